The van der Waals surface area contributed by atoms with Crippen LogP contribution in [0.4, 0.5) is 11.6 Å². The van der Waals surface area contributed by atoms with E-state index in [0.29, 0.717) is 17.2 Å². The van der Waals surface area contributed by atoms with E-state index >= 15 is 0 Å². The fraction of sp³-hybridized carbons (Fsp3) is 0.294. The summed E-state index contributed by atoms with van der Waals surface area (Å²) in [6.07, 6.45) is 6.20. The van der Waals surface area contributed by atoms with Gasteiger partial charge < -0.3 is 15.2 Å². The van der Waals surface area contributed by atoms with Crippen LogP contribution in [0.2, 0.25) is 0 Å². The molecule has 0 atom stereocenters. The van der Waals surface area contributed by atoms with Crippen LogP contribution >= 0.6 is 0 Å². The van der Waals surface area contributed by atoms with Gasteiger partial charge in [0.1, 0.15) is 11.6 Å². The molecule has 8 nitrogen and oxygen atoms in total. The van der Waals surface area contributed by atoms with Crippen LogP contribution in [0.25, 0.3) is 5.52 Å². The molecule has 4 heterocycles. The van der Waals surface area contributed by atoms with Gasteiger partial charge in [-0.05, 0) is 31.4 Å². The van der Waals surface area contributed by atoms with Gasteiger partial charge in [-0.25, -0.2) is 9.50 Å². The first-order chi connectivity index (χ1) is 12.2. The largest absolute Gasteiger partial charge is 0.339 e. The number of aromatic nitrogens is 4. The predicted molar refractivity (Wildman–Crippen MR) is 93.1 cm³/mol. The molecule has 0 radical (unpaired) electrons. The molecule has 1 fully saturated rings. The van der Waals surface area contributed by atoms with Crippen molar-refractivity contribution in [3.8, 4) is 0 Å². The maximum Gasteiger partial charge on any atom is 0.257 e. The van der Waals surface area contributed by atoms with Gasteiger partial charge in [-0.2, -0.15) is 5.10 Å². The fourth-order valence-electron chi connectivity index (χ4n) is 3.11. The highest BCUT2D eigenvalue weighted by molar-refractivity contribution is 6.01. The van der Waals surface area contributed by atoms with E-state index in [-0.39, 0.29) is 11.5 Å². The van der Waals surface area contributed by atoms with Gasteiger partial charge in [0.15, 0.2) is 0 Å². The molecule has 1 aliphatic rings. The first-order valence-electron chi connectivity index (χ1n) is 8.30. The molecule has 0 spiro atoms. The summed E-state index contributed by atoms with van der Waals surface area (Å²) in [4.78, 5) is 32.6. The van der Waals surface area contributed by atoms with Crippen LogP contribution in [0.5, 0.6) is 0 Å². The van der Waals surface area contributed by atoms with Crippen LogP contribution in [-0.2, 0) is 0 Å². The summed E-state index contributed by atoms with van der Waals surface area (Å²) in [7, 11) is 0. The predicted octanol–water partition coefficient (Wildman–Crippen LogP) is 1.79. The second-order valence-corrected chi connectivity index (χ2v) is 6.04. The molecule has 0 saturated carbocycles. The SMILES string of the molecule is O=C(c1cnn2c(Nc3cc(=O)[nH]cn3)cccc12)N1CCCCC1. The van der Waals surface area contributed by atoms with Crippen molar-refractivity contribution in [2.24, 2.45) is 0 Å². The first-order valence-corrected chi connectivity index (χ1v) is 8.30. The van der Waals surface area contributed by atoms with Crippen LogP contribution in [0.3, 0.4) is 0 Å². The summed E-state index contributed by atoms with van der Waals surface area (Å²) in [6, 6.07) is 6.89. The lowest BCUT2D eigenvalue weighted by molar-refractivity contribution is 0.0726. The van der Waals surface area contributed by atoms with Gasteiger partial charge in [0.2, 0.25) is 0 Å². The van der Waals surface area contributed by atoms with Crippen molar-refractivity contribution < 1.29 is 4.79 Å². The standard InChI is InChI=1S/C17H18N6O2/c24-16-9-14(18-11-19-16)21-15-6-4-5-13-12(10-20-23(13)15)17(25)22-7-2-1-3-8-22/h4-6,9-11H,1-3,7-8H2,(H2,18,19,21,24). The van der Waals surface area contributed by atoms with Crippen molar-refractivity contribution in [3.63, 3.8) is 0 Å². The Morgan fingerprint density at radius 3 is 2.84 bits per heavy atom. The number of carbonyl (C=O) groups excluding carboxylic acids is 1. The Morgan fingerprint density at radius 2 is 2.04 bits per heavy atom. The molecule has 0 aliphatic carbocycles. The zero-order chi connectivity index (χ0) is 17.2. The Bertz CT molecular complexity index is 970. The Kier molecular flexibility index (Phi) is 3.93. The molecule has 3 aromatic rings. The molecule has 4 rings (SSSR count). The molecule has 1 amide bonds. The third kappa shape index (κ3) is 2.98. The zero-order valence-corrected chi connectivity index (χ0v) is 13.6. The van der Waals surface area contributed by atoms with Gasteiger partial charge in [0, 0.05) is 19.2 Å². The monoisotopic (exact) mass is 338 g/mol. The highest BCUT2D eigenvalue weighted by Crippen LogP contribution is 2.21. The first kappa shape index (κ1) is 15.4. The Hall–Kier alpha value is -3.16. The van der Waals surface area contributed by atoms with E-state index in [2.05, 4.69) is 20.4 Å². The van der Waals surface area contributed by atoms with Crippen LogP contribution < -0.4 is 10.9 Å². The Labute approximate surface area is 143 Å². The number of pyridine rings is 1. The fourth-order valence-corrected chi connectivity index (χ4v) is 3.11. The molecule has 2 N–H and O–H groups in total. The van der Waals surface area contributed by atoms with E-state index < -0.39 is 0 Å². The van der Waals surface area contributed by atoms with E-state index in [1.807, 2.05) is 23.1 Å². The number of nitrogens with one attached hydrogen (secondary N) is 2. The molecule has 0 bridgehead atoms. The second kappa shape index (κ2) is 6.39. The maximum absolute atomic E-state index is 12.8. The number of H-pyrrole nitrogens is 1. The minimum absolute atomic E-state index is 0.0149. The van der Waals surface area contributed by atoms with Crippen LogP contribution in [0.15, 0.2) is 41.6 Å². The number of rotatable bonds is 3. The summed E-state index contributed by atoms with van der Waals surface area (Å²) in [5.41, 5.74) is 1.07. The van der Waals surface area contributed by atoms with E-state index in [1.54, 1.807) is 10.7 Å². The lowest BCUT2D eigenvalue weighted by Gasteiger charge is -2.26. The molecule has 1 saturated heterocycles. The average Bonchev–Trinajstić information content (AvgIpc) is 3.07. The number of nitrogens with zero attached hydrogens (tertiary/aromatic N) is 4. The number of hydrogen-bond donors (Lipinski definition) is 2. The number of anilines is 2. The summed E-state index contributed by atoms with van der Waals surface area (Å²) in [5, 5.41) is 7.41. The third-order valence-electron chi connectivity index (χ3n) is 4.35. The van der Waals surface area contributed by atoms with Crippen molar-refractivity contribution >= 4 is 23.1 Å². The van der Waals surface area contributed by atoms with Gasteiger partial charge in [0.25, 0.3) is 11.5 Å². The third-order valence-corrected chi connectivity index (χ3v) is 4.35. The van der Waals surface area contributed by atoms with Gasteiger partial charge in [0.05, 0.1) is 23.6 Å². The van der Waals surface area contributed by atoms with E-state index in [9.17, 15) is 9.59 Å². The number of hydrogen-bond acceptors (Lipinski definition) is 5. The number of fused-ring (bicyclic) bond motifs is 1. The summed E-state index contributed by atoms with van der Waals surface area (Å²) < 4.78 is 1.65. The second-order valence-electron chi connectivity index (χ2n) is 6.04. The van der Waals surface area contributed by atoms with Crippen LogP contribution in [0.1, 0.15) is 29.6 Å². The van der Waals surface area contributed by atoms with Crippen molar-refractivity contribution in [2.75, 3.05) is 18.4 Å². The quantitative estimate of drug-likeness (QED) is 0.759. The molecule has 3 aromatic heterocycles. The molecule has 1 aliphatic heterocycles. The number of carbonyl (C=O) groups is 1. The van der Waals surface area contributed by atoms with Gasteiger partial charge in [-0.3, -0.25) is 9.59 Å². The highest BCUT2D eigenvalue weighted by atomic mass is 16.2. The van der Waals surface area contributed by atoms with Gasteiger partial charge in [-0.1, -0.05) is 6.07 Å². The zero-order valence-electron chi connectivity index (χ0n) is 13.6. The van der Waals surface area contributed by atoms with Crippen molar-refractivity contribution in [3.05, 3.63) is 52.7 Å². The normalized spacial score (nSPS) is 14.6. The van der Waals surface area contributed by atoms with Crippen molar-refractivity contribution in [1.82, 2.24) is 24.5 Å². The lowest BCUT2D eigenvalue weighted by atomic mass is 10.1. The molecule has 25 heavy (non-hydrogen) atoms. The molecule has 128 valence electrons. The average molecular weight is 338 g/mol. The molecular weight excluding hydrogens is 320 g/mol. The Balaban J connectivity index is 1.68. The van der Waals surface area contributed by atoms with Crippen molar-refractivity contribution in [1.29, 1.82) is 0 Å². The minimum Gasteiger partial charge on any atom is -0.339 e. The topological polar surface area (TPSA) is 95.4 Å². The molecule has 0 unspecified atom stereocenters. The van der Waals surface area contributed by atoms with E-state index in [1.165, 1.54) is 18.8 Å². The highest BCUT2D eigenvalue weighted by Gasteiger charge is 2.22. The Morgan fingerprint density at radius 1 is 1.20 bits per heavy atom. The van der Waals surface area contributed by atoms with Crippen LogP contribution in [0, 0.1) is 0 Å². The van der Waals surface area contributed by atoms with Gasteiger partial charge >= 0.3 is 0 Å². The number of aromatic amines is 1. The summed E-state index contributed by atoms with van der Waals surface area (Å²) in [5.74, 6) is 1.06. The molecule has 0 aromatic carbocycles. The van der Waals surface area contributed by atoms with Crippen molar-refractivity contribution in [2.45, 2.75) is 19.3 Å². The number of likely N-dealkylation sites (tertiary alicyclic amines) is 1. The number of amides is 1. The lowest BCUT2D eigenvalue weighted by Crippen LogP contribution is -2.35. The molecular formula is C17H18N6O2. The number of piperidine rings is 1. The molecule has 8 heteroatoms. The summed E-state index contributed by atoms with van der Waals surface area (Å²) in [6.45, 7) is 1.59. The van der Waals surface area contributed by atoms with E-state index in [0.717, 1.165) is 31.4 Å². The minimum atomic E-state index is -0.244. The van der Waals surface area contributed by atoms with Crippen LogP contribution in [-0.4, -0.2) is 43.5 Å². The van der Waals surface area contributed by atoms with Gasteiger partial charge in [-0.15, -0.1) is 0 Å². The summed E-state index contributed by atoms with van der Waals surface area (Å²) >= 11 is 0. The maximum atomic E-state index is 12.8. The smallest absolute Gasteiger partial charge is 0.257 e. The van der Waals surface area contributed by atoms with E-state index in [4.69, 9.17) is 0 Å².